The zero-order chi connectivity index (χ0) is 26.4. The third kappa shape index (κ3) is 5.93. The smallest absolute Gasteiger partial charge is 0.240 e. The summed E-state index contributed by atoms with van der Waals surface area (Å²) in [5.74, 6) is 0.292. The van der Waals surface area contributed by atoms with Crippen molar-refractivity contribution in [2.75, 3.05) is 20.2 Å². The average molecular weight is 541 g/mol. The van der Waals surface area contributed by atoms with Crippen LogP contribution in [-0.2, 0) is 10.0 Å². The van der Waals surface area contributed by atoms with Gasteiger partial charge in [-0.15, -0.1) is 11.3 Å². The Morgan fingerprint density at radius 1 is 1.27 bits per heavy atom. The van der Waals surface area contributed by atoms with Crippen LogP contribution in [0.25, 0.3) is 21.9 Å². The minimum atomic E-state index is -3.87. The number of aromatic nitrogens is 2. The number of fused-ring (bicyclic) bond motifs is 1. The van der Waals surface area contributed by atoms with E-state index in [1.54, 1.807) is 7.11 Å². The molecular weight excluding hydrogens is 515 g/mol. The van der Waals surface area contributed by atoms with Gasteiger partial charge < -0.3 is 10.1 Å². The number of guanidine groups is 1. The predicted molar refractivity (Wildman–Crippen MR) is 145 cm³/mol. The molecule has 12 heteroatoms. The molecule has 37 heavy (non-hydrogen) atoms. The Hall–Kier alpha value is -3.87. The number of hydrogen-bond donors (Lipinski definition) is 2. The zero-order valence-electron chi connectivity index (χ0n) is 20.2. The van der Waals surface area contributed by atoms with E-state index in [-0.39, 0.29) is 23.9 Å². The summed E-state index contributed by atoms with van der Waals surface area (Å²) < 4.78 is 47.9. The fraction of sp³-hybridized carbons (Fsp3) is 0.160. The maximum absolute atomic E-state index is 13.4. The van der Waals surface area contributed by atoms with Crippen molar-refractivity contribution in [3.05, 3.63) is 77.7 Å². The molecule has 4 aromatic rings. The summed E-state index contributed by atoms with van der Waals surface area (Å²) in [6.45, 7) is 5.52. The molecule has 0 spiro atoms. The summed E-state index contributed by atoms with van der Waals surface area (Å²) in [6, 6.07) is 12.4. The SMILES string of the molecule is C=NC(=NCCNS(=O)(=O)c1cccc(F)c1)N/C(=C\C)c1c(-c2cccc(OC)c2)nc2sccn12. The third-order valence-corrected chi connectivity index (χ3v) is 7.53. The van der Waals surface area contributed by atoms with Crippen LogP contribution < -0.4 is 14.8 Å². The van der Waals surface area contributed by atoms with Gasteiger partial charge in [-0.3, -0.25) is 4.40 Å². The van der Waals surface area contributed by atoms with E-state index >= 15 is 0 Å². The summed E-state index contributed by atoms with van der Waals surface area (Å²) in [6.07, 6.45) is 3.80. The lowest BCUT2D eigenvalue weighted by molar-refractivity contribution is 0.415. The van der Waals surface area contributed by atoms with Gasteiger partial charge in [-0.1, -0.05) is 24.3 Å². The van der Waals surface area contributed by atoms with Crippen molar-refractivity contribution in [2.45, 2.75) is 11.8 Å². The van der Waals surface area contributed by atoms with E-state index in [1.807, 2.05) is 53.2 Å². The van der Waals surface area contributed by atoms with Crippen LogP contribution in [-0.4, -0.2) is 50.7 Å². The molecule has 4 rings (SSSR count). The van der Waals surface area contributed by atoms with E-state index < -0.39 is 15.8 Å². The number of rotatable bonds is 9. The van der Waals surface area contributed by atoms with Crippen LogP contribution >= 0.6 is 11.3 Å². The molecule has 0 aliphatic heterocycles. The van der Waals surface area contributed by atoms with E-state index in [2.05, 4.69) is 26.7 Å². The lowest BCUT2D eigenvalue weighted by Crippen LogP contribution is -2.28. The van der Waals surface area contributed by atoms with Gasteiger partial charge in [-0.25, -0.2) is 32.5 Å². The first-order chi connectivity index (χ1) is 17.9. The van der Waals surface area contributed by atoms with E-state index in [4.69, 9.17) is 9.72 Å². The van der Waals surface area contributed by atoms with Gasteiger partial charge in [0, 0.05) is 23.7 Å². The highest BCUT2D eigenvalue weighted by atomic mass is 32.2. The Balaban J connectivity index is 1.54. The molecule has 0 saturated heterocycles. The van der Waals surface area contributed by atoms with Crippen LogP contribution in [0.2, 0.25) is 0 Å². The molecule has 9 nitrogen and oxygen atoms in total. The number of thiazole rings is 1. The molecule has 0 saturated carbocycles. The standard InChI is InChI=1S/C25H25FN6O3S2/c1-4-21(23-22(31-25-32(23)13-14-36-25)17-7-5-9-19(15-17)35-3)30-24(27-2)28-11-12-29-37(33,34)20-10-6-8-18(26)16-20/h4-10,13-16,29H,2,11-12H2,1,3H3,(H,28,30)/b21-4-. The molecule has 0 bridgehead atoms. The lowest BCUT2D eigenvalue weighted by atomic mass is 10.1. The molecule has 2 N–H and O–H groups in total. The highest BCUT2D eigenvalue weighted by Crippen LogP contribution is 2.32. The summed E-state index contributed by atoms with van der Waals surface area (Å²) in [7, 11) is -2.26. The van der Waals surface area contributed by atoms with E-state index in [0.29, 0.717) is 11.4 Å². The fourth-order valence-electron chi connectivity index (χ4n) is 3.59. The number of nitrogens with one attached hydrogen (secondary N) is 2. The number of aliphatic imine (C=N–C) groups is 2. The molecule has 0 atom stereocenters. The van der Waals surface area contributed by atoms with Gasteiger partial charge in [-0.05, 0) is 44.0 Å². The van der Waals surface area contributed by atoms with Crippen LogP contribution in [0.3, 0.4) is 0 Å². The van der Waals surface area contributed by atoms with Gasteiger partial charge in [0.1, 0.15) is 11.6 Å². The highest BCUT2D eigenvalue weighted by molar-refractivity contribution is 7.89. The lowest BCUT2D eigenvalue weighted by Gasteiger charge is -2.12. The van der Waals surface area contributed by atoms with Crippen LogP contribution in [0.1, 0.15) is 12.6 Å². The third-order valence-electron chi connectivity index (χ3n) is 5.32. The molecule has 2 aromatic carbocycles. The van der Waals surface area contributed by atoms with Crippen molar-refractivity contribution in [3.8, 4) is 17.0 Å². The minimum absolute atomic E-state index is 0.0127. The Kier molecular flexibility index (Phi) is 8.11. The average Bonchev–Trinajstić information content (AvgIpc) is 3.50. The number of ether oxygens (including phenoxy) is 1. The van der Waals surface area contributed by atoms with Crippen molar-refractivity contribution in [1.82, 2.24) is 19.4 Å². The maximum atomic E-state index is 13.4. The van der Waals surface area contributed by atoms with Gasteiger partial charge in [-0.2, -0.15) is 0 Å². The monoisotopic (exact) mass is 540 g/mol. The first-order valence-corrected chi connectivity index (χ1v) is 13.5. The maximum Gasteiger partial charge on any atom is 0.240 e. The number of methoxy groups -OCH3 is 1. The zero-order valence-corrected chi connectivity index (χ0v) is 21.8. The van der Waals surface area contributed by atoms with E-state index in [1.165, 1.54) is 29.5 Å². The molecular formula is C25H25FN6O3S2. The molecule has 0 aliphatic rings. The van der Waals surface area contributed by atoms with Crippen LogP contribution in [0, 0.1) is 5.82 Å². The number of benzene rings is 2. The second kappa shape index (κ2) is 11.5. The number of hydrogen-bond acceptors (Lipinski definition) is 6. The van der Waals surface area contributed by atoms with E-state index in [0.717, 1.165) is 28.0 Å². The molecule has 192 valence electrons. The predicted octanol–water partition coefficient (Wildman–Crippen LogP) is 4.20. The Morgan fingerprint density at radius 3 is 2.81 bits per heavy atom. The molecule has 2 aromatic heterocycles. The Labute approximate surface area is 218 Å². The van der Waals surface area contributed by atoms with Crippen molar-refractivity contribution >= 4 is 44.7 Å². The van der Waals surface area contributed by atoms with Crippen LogP contribution in [0.4, 0.5) is 4.39 Å². The Bertz CT molecular complexity index is 1590. The van der Waals surface area contributed by atoms with Crippen molar-refractivity contribution in [3.63, 3.8) is 0 Å². The summed E-state index contributed by atoms with van der Waals surface area (Å²) in [5.41, 5.74) is 3.12. The number of nitrogens with zero attached hydrogens (tertiary/aromatic N) is 4. The second-order valence-corrected chi connectivity index (χ2v) is 10.3. The van der Waals surface area contributed by atoms with Gasteiger partial charge in [0.15, 0.2) is 4.96 Å². The molecule has 0 radical (unpaired) electrons. The van der Waals surface area contributed by atoms with Crippen LogP contribution in [0.5, 0.6) is 5.75 Å². The van der Waals surface area contributed by atoms with Gasteiger partial charge in [0.05, 0.1) is 35.6 Å². The molecule has 0 aliphatic carbocycles. The number of sulfonamides is 1. The highest BCUT2D eigenvalue weighted by Gasteiger charge is 2.20. The van der Waals surface area contributed by atoms with Gasteiger partial charge >= 0.3 is 0 Å². The molecule has 2 heterocycles. The largest absolute Gasteiger partial charge is 0.497 e. The number of halogens is 1. The van der Waals surface area contributed by atoms with Gasteiger partial charge in [0.25, 0.3) is 0 Å². The number of imidazole rings is 1. The van der Waals surface area contributed by atoms with E-state index in [9.17, 15) is 12.8 Å². The first-order valence-electron chi connectivity index (χ1n) is 11.2. The summed E-state index contributed by atoms with van der Waals surface area (Å²) in [4.78, 5) is 13.8. The topological polar surface area (TPSA) is 109 Å². The fourth-order valence-corrected chi connectivity index (χ4v) is 5.36. The van der Waals surface area contributed by atoms with Crippen molar-refractivity contribution < 1.29 is 17.5 Å². The first kappa shape index (κ1) is 26.2. The van der Waals surface area contributed by atoms with Crippen molar-refractivity contribution in [1.29, 1.82) is 0 Å². The van der Waals surface area contributed by atoms with Crippen molar-refractivity contribution in [2.24, 2.45) is 9.98 Å². The second-order valence-electron chi connectivity index (χ2n) is 7.64. The minimum Gasteiger partial charge on any atom is -0.497 e. The normalized spacial score (nSPS) is 12.6. The summed E-state index contributed by atoms with van der Waals surface area (Å²) in [5, 5.41) is 5.13. The molecule has 0 fully saturated rings. The number of allylic oxidation sites excluding steroid dienone is 1. The molecule has 0 unspecified atom stereocenters. The summed E-state index contributed by atoms with van der Waals surface area (Å²) >= 11 is 1.51. The van der Waals surface area contributed by atoms with Crippen LogP contribution in [0.15, 0.2) is 81.1 Å². The quantitative estimate of drug-likeness (QED) is 0.188. The molecule has 0 amide bonds. The van der Waals surface area contributed by atoms with Gasteiger partial charge in [0.2, 0.25) is 16.0 Å². The Morgan fingerprint density at radius 2 is 2.08 bits per heavy atom.